The molecule has 27 heavy (non-hydrogen) atoms. The molecule has 2 aliphatic rings. The van der Waals surface area contributed by atoms with Crippen LogP contribution < -0.4 is 4.84 Å². The topological polar surface area (TPSA) is 58.6 Å². The van der Waals surface area contributed by atoms with Crippen LogP contribution in [0.4, 0.5) is 0 Å². The van der Waals surface area contributed by atoms with E-state index in [4.69, 9.17) is 16.5 Å². The number of nitrogens with zero attached hydrogens (tertiary/aromatic N) is 1. The summed E-state index contributed by atoms with van der Waals surface area (Å²) in [6.07, 6.45) is 0. The highest BCUT2D eigenvalue weighted by atomic mass is 35.5. The first-order valence-electron chi connectivity index (χ1n) is 9.46. The van der Waals surface area contributed by atoms with E-state index in [2.05, 4.69) is 18.7 Å². The van der Waals surface area contributed by atoms with E-state index in [1.807, 2.05) is 51.1 Å². The zero-order valence-electron chi connectivity index (χ0n) is 16.7. The maximum atomic E-state index is 13.2. The number of ether oxygens (including phenoxy) is 1. The lowest BCUT2D eigenvalue weighted by atomic mass is 9.86. The van der Waals surface area contributed by atoms with Gasteiger partial charge in [-0.25, -0.2) is 9.63 Å². The molecule has 5 nitrogen and oxygen atoms in total. The van der Waals surface area contributed by atoms with Crippen molar-refractivity contribution >= 4 is 23.7 Å². The Kier molecular flexibility index (Phi) is 5.30. The molecule has 3 rings (SSSR count). The normalized spacial score (nSPS) is 27.0. The van der Waals surface area contributed by atoms with Gasteiger partial charge in [0.05, 0.1) is 0 Å². The lowest BCUT2D eigenvalue weighted by molar-refractivity contribution is -0.157. The fourth-order valence-corrected chi connectivity index (χ4v) is 4.76. The maximum Gasteiger partial charge on any atom is 0.329 e. The summed E-state index contributed by atoms with van der Waals surface area (Å²) in [4.78, 5) is 30.4. The number of piperidine rings is 1. The zero-order chi connectivity index (χ0) is 20.0. The summed E-state index contributed by atoms with van der Waals surface area (Å²) in [7, 11) is 0. The Labute approximate surface area is 166 Å². The van der Waals surface area contributed by atoms with Crippen LogP contribution in [0.5, 0.6) is 0 Å². The summed E-state index contributed by atoms with van der Waals surface area (Å²) in [5.41, 5.74) is 0.627. The van der Waals surface area contributed by atoms with E-state index < -0.39 is 12.1 Å². The number of hydrogen-bond donors (Lipinski definition) is 1. The quantitative estimate of drug-likeness (QED) is 0.616. The number of likely N-dealkylation sites (tertiary alicyclic amines) is 1. The Morgan fingerprint density at radius 2 is 1.93 bits per heavy atom. The molecule has 0 unspecified atom stereocenters. The molecule has 1 heterocycles. The van der Waals surface area contributed by atoms with Crippen LogP contribution in [0.25, 0.3) is 0 Å². The molecule has 1 amide bonds. The van der Waals surface area contributed by atoms with Crippen LogP contribution in [0.1, 0.15) is 40.2 Å². The molecular formula is C21H29ClN2O3. The predicted octanol–water partition coefficient (Wildman–Crippen LogP) is 3.37. The minimum Gasteiger partial charge on any atom is -0.459 e. The Bertz CT molecular complexity index is 714. The molecule has 1 N–H and O–H groups in total. The van der Waals surface area contributed by atoms with Crippen molar-refractivity contribution < 1.29 is 14.3 Å². The van der Waals surface area contributed by atoms with Gasteiger partial charge in [0.2, 0.25) is 5.91 Å². The lowest BCUT2D eigenvalue weighted by Gasteiger charge is -2.36. The lowest BCUT2D eigenvalue weighted by Crippen LogP contribution is -2.55. The smallest absolute Gasteiger partial charge is 0.329 e. The van der Waals surface area contributed by atoms with Gasteiger partial charge in [-0.3, -0.25) is 4.79 Å². The molecule has 1 saturated carbocycles. The number of halogens is 1. The Hall–Kier alpha value is -1.59. The van der Waals surface area contributed by atoms with Crippen molar-refractivity contribution in [1.29, 1.82) is 0 Å². The second-order valence-electron chi connectivity index (χ2n) is 9.39. The Morgan fingerprint density at radius 1 is 1.30 bits per heavy atom. The molecule has 1 aromatic rings. The molecule has 0 spiro atoms. The monoisotopic (exact) mass is 392 g/mol. The van der Waals surface area contributed by atoms with E-state index in [0.717, 1.165) is 5.56 Å². The Morgan fingerprint density at radius 3 is 2.48 bits per heavy atom. The van der Waals surface area contributed by atoms with Gasteiger partial charge in [-0.15, -0.1) is 0 Å². The van der Waals surface area contributed by atoms with Gasteiger partial charge < -0.3 is 9.64 Å². The molecule has 0 radical (unpaired) electrons. The molecule has 1 aliphatic carbocycles. The number of carbonyl (C=O) groups excluding carboxylic acids is 2. The van der Waals surface area contributed by atoms with Crippen molar-refractivity contribution in [3.8, 4) is 0 Å². The molecular weight excluding hydrogens is 364 g/mol. The average Bonchev–Trinajstić information content (AvgIpc) is 2.96. The predicted molar refractivity (Wildman–Crippen MR) is 105 cm³/mol. The van der Waals surface area contributed by atoms with Crippen LogP contribution in [0.2, 0.25) is 0 Å². The van der Waals surface area contributed by atoms with E-state index in [1.165, 1.54) is 0 Å². The van der Waals surface area contributed by atoms with E-state index in [0.29, 0.717) is 12.5 Å². The minimum atomic E-state index is -0.566. The second kappa shape index (κ2) is 7.10. The fraction of sp³-hybridized carbons (Fsp3) is 0.619. The fourth-order valence-electron chi connectivity index (χ4n) is 4.34. The summed E-state index contributed by atoms with van der Waals surface area (Å²) in [6.45, 7) is 11.0. The summed E-state index contributed by atoms with van der Waals surface area (Å²) in [5, 5.41) is 0. The van der Waals surface area contributed by atoms with Crippen molar-refractivity contribution in [2.75, 3.05) is 6.54 Å². The second-order valence-corrected chi connectivity index (χ2v) is 9.61. The van der Waals surface area contributed by atoms with Crippen LogP contribution in [0.15, 0.2) is 30.3 Å². The number of benzene rings is 1. The van der Waals surface area contributed by atoms with Crippen LogP contribution >= 0.6 is 11.8 Å². The first-order chi connectivity index (χ1) is 12.6. The molecule has 1 aromatic carbocycles. The van der Waals surface area contributed by atoms with Gasteiger partial charge in [-0.2, -0.15) is 0 Å². The van der Waals surface area contributed by atoms with Crippen LogP contribution in [-0.2, 0) is 20.9 Å². The zero-order valence-corrected chi connectivity index (χ0v) is 17.4. The van der Waals surface area contributed by atoms with E-state index in [-0.39, 0.29) is 35.2 Å². The summed E-state index contributed by atoms with van der Waals surface area (Å²) < 4.78 is 5.60. The number of rotatable bonds is 5. The highest BCUT2D eigenvalue weighted by molar-refractivity contribution is 6.15. The van der Waals surface area contributed by atoms with Gasteiger partial charge in [0.25, 0.3) is 0 Å². The molecule has 6 heteroatoms. The molecule has 4 atom stereocenters. The van der Waals surface area contributed by atoms with Crippen LogP contribution in [0, 0.1) is 22.7 Å². The largest absolute Gasteiger partial charge is 0.459 e. The van der Waals surface area contributed by atoms with Gasteiger partial charge in [-0.1, -0.05) is 65.0 Å². The number of esters is 1. The number of carbonyl (C=O) groups is 2. The number of amides is 1. The highest BCUT2D eigenvalue weighted by Crippen LogP contribution is 2.65. The number of fused-ring (bicyclic) bond motifs is 1. The van der Waals surface area contributed by atoms with Gasteiger partial charge in [0.1, 0.15) is 18.7 Å². The van der Waals surface area contributed by atoms with E-state index >= 15 is 0 Å². The van der Waals surface area contributed by atoms with Gasteiger partial charge in [-0.05, 0) is 34.1 Å². The van der Waals surface area contributed by atoms with Gasteiger partial charge in [0, 0.05) is 12.5 Å². The number of nitrogens with one attached hydrogen (secondary N) is 1. The van der Waals surface area contributed by atoms with Crippen LogP contribution in [0.3, 0.4) is 0 Å². The molecule has 1 saturated heterocycles. The summed E-state index contributed by atoms with van der Waals surface area (Å²) in [5.74, 6) is 0.00186. The van der Waals surface area contributed by atoms with Crippen molar-refractivity contribution in [3.63, 3.8) is 0 Å². The standard InChI is InChI=1S/C21H29ClN2O3/c1-20(2,3)17(23-22)18(25)24-11-14-15(21(14,4)5)16(24)19(26)27-12-13-9-7-6-8-10-13/h6-10,14-17,23H,11-12H2,1-5H3/t14-,15-,16-,17+/m0/s1. The average molecular weight is 393 g/mol. The molecule has 1 aliphatic heterocycles. The summed E-state index contributed by atoms with van der Waals surface area (Å²) in [6, 6.07) is 8.47. The van der Waals surface area contributed by atoms with E-state index in [9.17, 15) is 9.59 Å². The van der Waals surface area contributed by atoms with Crippen molar-refractivity contribution in [3.05, 3.63) is 35.9 Å². The van der Waals surface area contributed by atoms with Crippen molar-refractivity contribution in [2.24, 2.45) is 22.7 Å². The van der Waals surface area contributed by atoms with Crippen LogP contribution in [-0.4, -0.2) is 35.4 Å². The highest BCUT2D eigenvalue weighted by Gasteiger charge is 2.70. The molecule has 148 valence electrons. The summed E-state index contributed by atoms with van der Waals surface area (Å²) >= 11 is 5.88. The molecule has 0 bridgehead atoms. The van der Waals surface area contributed by atoms with Gasteiger partial charge >= 0.3 is 5.97 Å². The third kappa shape index (κ3) is 3.72. The van der Waals surface area contributed by atoms with Crippen molar-refractivity contribution in [1.82, 2.24) is 9.74 Å². The first-order valence-corrected chi connectivity index (χ1v) is 9.84. The Balaban J connectivity index is 1.76. The van der Waals surface area contributed by atoms with E-state index in [1.54, 1.807) is 4.90 Å². The minimum absolute atomic E-state index is 0.0544. The molecule has 0 aromatic heterocycles. The van der Waals surface area contributed by atoms with Gasteiger partial charge in [0.15, 0.2) is 0 Å². The van der Waals surface area contributed by atoms with Crippen molar-refractivity contribution in [2.45, 2.75) is 53.3 Å². The number of hydrogen-bond acceptors (Lipinski definition) is 4. The first kappa shape index (κ1) is 20.2. The molecule has 2 fully saturated rings. The SMILES string of the molecule is CC(C)(C)[C@H](NCl)C(=O)N1C[C@H]2[C@@H]([C@H]1C(=O)OCc1ccccc1)C2(C)C. The third-order valence-corrected chi connectivity index (χ3v) is 6.40. The maximum absolute atomic E-state index is 13.2. The third-order valence-electron chi connectivity index (χ3n) is 6.18.